The molecule has 0 radical (unpaired) electrons. The smallest absolute Gasteiger partial charge is 0.243 e. The fraction of sp³-hybridized carbons (Fsp3) is 0.667. The van der Waals surface area contributed by atoms with Crippen molar-refractivity contribution in [2.45, 2.75) is 55.4 Å². The Balaban J connectivity index is 1.44. The Kier molecular flexibility index (Phi) is 5.51. The molecule has 1 saturated carbocycles. The number of benzene rings is 1. The number of aliphatic hydroxyl groups is 1. The van der Waals surface area contributed by atoms with Crippen molar-refractivity contribution in [3.8, 4) is 0 Å². The maximum absolute atomic E-state index is 13.2. The number of piperidine rings is 2. The van der Waals surface area contributed by atoms with Gasteiger partial charge in [-0.1, -0.05) is 31.0 Å². The molecule has 0 spiro atoms. The maximum Gasteiger partial charge on any atom is 0.243 e. The summed E-state index contributed by atoms with van der Waals surface area (Å²) in [5.74, 6) is -0.0747. The van der Waals surface area contributed by atoms with Gasteiger partial charge >= 0.3 is 0 Å². The van der Waals surface area contributed by atoms with E-state index >= 15 is 0 Å². The van der Waals surface area contributed by atoms with Gasteiger partial charge in [0.15, 0.2) is 0 Å². The number of likely N-dealkylation sites (tertiary alicyclic amines) is 1. The average molecular weight is 407 g/mol. The van der Waals surface area contributed by atoms with Gasteiger partial charge in [0.1, 0.15) is 0 Å². The zero-order valence-corrected chi connectivity index (χ0v) is 17.1. The molecule has 4 rings (SSSR count). The maximum atomic E-state index is 13.2. The summed E-state index contributed by atoms with van der Waals surface area (Å²) in [6.45, 7) is 1.90. The molecule has 2 heterocycles. The van der Waals surface area contributed by atoms with Gasteiger partial charge in [-0.3, -0.25) is 4.79 Å². The zero-order valence-electron chi connectivity index (χ0n) is 16.3. The normalized spacial score (nSPS) is 32.0. The lowest BCUT2D eigenvalue weighted by Crippen LogP contribution is -2.56. The van der Waals surface area contributed by atoms with Gasteiger partial charge in [0.2, 0.25) is 15.9 Å². The van der Waals surface area contributed by atoms with Crippen LogP contribution in [0.5, 0.6) is 0 Å². The highest BCUT2D eigenvalue weighted by molar-refractivity contribution is 7.89. The molecular formula is C21H30N2O4S. The summed E-state index contributed by atoms with van der Waals surface area (Å²) in [4.78, 5) is 15.3. The molecule has 2 saturated heterocycles. The number of hydrogen-bond acceptors (Lipinski definition) is 4. The largest absolute Gasteiger partial charge is 0.389 e. The quantitative estimate of drug-likeness (QED) is 0.835. The minimum atomic E-state index is -3.57. The van der Waals surface area contributed by atoms with Crippen LogP contribution in [0.2, 0.25) is 0 Å². The van der Waals surface area contributed by atoms with Gasteiger partial charge in [0, 0.05) is 32.1 Å². The standard InChI is InChI=1S/C21H30N2O4S/c24-20(22-14-12-21(25)11-5-4-8-18(21)16-22)17-7-6-13-23(15-17)28(26,27)19-9-2-1-3-10-19/h1-3,9-10,17-18,25H,4-8,11-16H2/t17-,18-,21+/m1/s1. The topological polar surface area (TPSA) is 77.9 Å². The van der Waals surface area contributed by atoms with Crippen LogP contribution in [-0.2, 0) is 14.8 Å². The lowest BCUT2D eigenvalue weighted by molar-refractivity contribution is -0.148. The third-order valence-corrected chi connectivity index (χ3v) is 8.73. The molecule has 28 heavy (non-hydrogen) atoms. The predicted molar refractivity (Wildman–Crippen MR) is 106 cm³/mol. The molecule has 2 aliphatic heterocycles. The van der Waals surface area contributed by atoms with E-state index in [4.69, 9.17) is 0 Å². The first-order valence-electron chi connectivity index (χ1n) is 10.5. The van der Waals surface area contributed by atoms with Crippen LogP contribution in [-0.4, -0.2) is 60.4 Å². The van der Waals surface area contributed by atoms with E-state index in [0.717, 1.165) is 32.1 Å². The van der Waals surface area contributed by atoms with E-state index in [0.29, 0.717) is 32.5 Å². The number of amides is 1. The number of hydrogen-bond donors (Lipinski definition) is 1. The molecule has 0 unspecified atom stereocenters. The van der Waals surface area contributed by atoms with Crippen molar-refractivity contribution in [2.75, 3.05) is 26.2 Å². The summed E-state index contributed by atoms with van der Waals surface area (Å²) in [5.41, 5.74) is -0.607. The molecule has 3 fully saturated rings. The third-order valence-electron chi connectivity index (χ3n) is 6.85. The highest BCUT2D eigenvalue weighted by Gasteiger charge is 2.45. The van der Waals surface area contributed by atoms with Crippen LogP contribution < -0.4 is 0 Å². The van der Waals surface area contributed by atoms with Crippen molar-refractivity contribution >= 4 is 15.9 Å². The Labute approximate surface area is 167 Å². The van der Waals surface area contributed by atoms with Crippen molar-refractivity contribution in [3.05, 3.63) is 30.3 Å². The second kappa shape index (κ2) is 7.76. The molecule has 3 atom stereocenters. The van der Waals surface area contributed by atoms with Crippen LogP contribution in [0.1, 0.15) is 44.9 Å². The predicted octanol–water partition coefficient (Wildman–Crippen LogP) is 2.24. The molecule has 0 aromatic heterocycles. The molecule has 1 N–H and O–H groups in total. The molecule has 7 heteroatoms. The van der Waals surface area contributed by atoms with Crippen LogP contribution >= 0.6 is 0 Å². The second-order valence-corrected chi connectivity index (χ2v) is 10.5. The summed E-state index contributed by atoms with van der Waals surface area (Å²) in [6.07, 6.45) is 6.06. The van der Waals surface area contributed by atoms with Gasteiger partial charge in [-0.2, -0.15) is 4.31 Å². The second-order valence-electron chi connectivity index (χ2n) is 8.60. The van der Waals surface area contributed by atoms with Crippen molar-refractivity contribution in [3.63, 3.8) is 0 Å². The van der Waals surface area contributed by atoms with Crippen LogP contribution in [0, 0.1) is 11.8 Å². The van der Waals surface area contributed by atoms with Gasteiger partial charge in [0.25, 0.3) is 0 Å². The summed E-state index contributed by atoms with van der Waals surface area (Å²) in [6, 6.07) is 8.45. The molecule has 6 nitrogen and oxygen atoms in total. The number of carbonyl (C=O) groups excluding carboxylic acids is 1. The number of fused-ring (bicyclic) bond motifs is 1. The Morgan fingerprint density at radius 1 is 1.00 bits per heavy atom. The van der Waals surface area contributed by atoms with E-state index in [9.17, 15) is 18.3 Å². The summed E-state index contributed by atoms with van der Waals surface area (Å²) in [5, 5.41) is 10.9. The fourth-order valence-electron chi connectivity index (χ4n) is 5.13. The molecule has 0 bridgehead atoms. The number of sulfonamides is 1. The van der Waals surface area contributed by atoms with Crippen molar-refractivity contribution in [2.24, 2.45) is 11.8 Å². The zero-order chi connectivity index (χ0) is 19.8. The third kappa shape index (κ3) is 3.72. The molecule has 1 aromatic rings. The fourth-order valence-corrected chi connectivity index (χ4v) is 6.68. The van der Waals surface area contributed by atoms with E-state index in [-0.39, 0.29) is 29.2 Å². The van der Waals surface area contributed by atoms with Gasteiger partial charge in [-0.15, -0.1) is 0 Å². The van der Waals surface area contributed by atoms with Gasteiger partial charge < -0.3 is 10.0 Å². The van der Waals surface area contributed by atoms with Crippen molar-refractivity contribution in [1.29, 1.82) is 0 Å². The number of rotatable bonds is 3. The molecular weight excluding hydrogens is 376 g/mol. The Morgan fingerprint density at radius 3 is 2.57 bits per heavy atom. The van der Waals surface area contributed by atoms with E-state index in [1.807, 2.05) is 4.90 Å². The molecule has 1 aliphatic carbocycles. The molecule has 3 aliphatic rings. The molecule has 154 valence electrons. The van der Waals surface area contributed by atoms with Gasteiger partial charge in [0.05, 0.1) is 16.4 Å². The van der Waals surface area contributed by atoms with Gasteiger partial charge in [-0.05, 0) is 44.2 Å². The highest BCUT2D eigenvalue weighted by atomic mass is 32.2. The average Bonchev–Trinajstić information content (AvgIpc) is 2.73. The summed E-state index contributed by atoms with van der Waals surface area (Å²) < 4.78 is 27.3. The van der Waals surface area contributed by atoms with Crippen LogP contribution in [0.4, 0.5) is 0 Å². The van der Waals surface area contributed by atoms with E-state index in [1.165, 1.54) is 4.31 Å². The Hall–Kier alpha value is -1.44. The first-order chi connectivity index (χ1) is 13.4. The number of nitrogens with zero attached hydrogens (tertiary/aromatic N) is 2. The molecule has 1 aromatic carbocycles. The Morgan fingerprint density at radius 2 is 1.79 bits per heavy atom. The number of carbonyl (C=O) groups is 1. The van der Waals surface area contributed by atoms with Crippen LogP contribution in [0.3, 0.4) is 0 Å². The SMILES string of the molecule is O=C([C@@H]1CCCN(S(=O)(=O)c2ccccc2)C1)N1CC[C@@]2(O)CCCC[C@@H]2C1. The minimum Gasteiger partial charge on any atom is -0.389 e. The van der Waals surface area contributed by atoms with Crippen LogP contribution in [0.25, 0.3) is 0 Å². The monoisotopic (exact) mass is 406 g/mol. The van der Waals surface area contributed by atoms with Gasteiger partial charge in [-0.25, -0.2) is 8.42 Å². The van der Waals surface area contributed by atoms with Crippen LogP contribution in [0.15, 0.2) is 35.2 Å². The van der Waals surface area contributed by atoms with Crippen molar-refractivity contribution < 1.29 is 18.3 Å². The minimum absolute atomic E-state index is 0.0561. The lowest BCUT2D eigenvalue weighted by Gasteiger charge is -2.48. The van der Waals surface area contributed by atoms with E-state index in [2.05, 4.69) is 0 Å². The van der Waals surface area contributed by atoms with Crippen molar-refractivity contribution in [1.82, 2.24) is 9.21 Å². The lowest BCUT2D eigenvalue weighted by atomic mass is 9.71. The summed E-state index contributed by atoms with van der Waals surface area (Å²) in [7, 11) is -3.57. The first kappa shape index (κ1) is 19.9. The van der Waals surface area contributed by atoms with E-state index < -0.39 is 15.6 Å². The summed E-state index contributed by atoms with van der Waals surface area (Å²) >= 11 is 0. The Bertz CT molecular complexity index is 813. The highest BCUT2D eigenvalue weighted by Crippen LogP contribution is 2.40. The van der Waals surface area contributed by atoms with E-state index in [1.54, 1.807) is 30.3 Å². The first-order valence-corrected chi connectivity index (χ1v) is 11.9. The molecule has 1 amide bonds.